The zero-order chi connectivity index (χ0) is 20.8. The van der Waals surface area contributed by atoms with Crippen LogP contribution in [0.3, 0.4) is 0 Å². The minimum atomic E-state index is -0.104. The summed E-state index contributed by atoms with van der Waals surface area (Å²) in [6, 6.07) is 17.6. The molecule has 7 heteroatoms. The molecule has 0 radical (unpaired) electrons. The highest BCUT2D eigenvalue weighted by Crippen LogP contribution is 2.16. The van der Waals surface area contributed by atoms with Crippen molar-refractivity contribution in [1.29, 1.82) is 0 Å². The fourth-order valence-electron chi connectivity index (χ4n) is 3.90. The predicted molar refractivity (Wildman–Crippen MR) is 118 cm³/mol. The molecule has 1 saturated heterocycles. The zero-order valence-corrected chi connectivity index (χ0v) is 17.1. The number of aromatic nitrogens is 3. The lowest BCUT2D eigenvalue weighted by Gasteiger charge is -2.36. The molecule has 1 aliphatic rings. The number of carbonyl (C=O) groups is 1. The third kappa shape index (κ3) is 4.67. The minimum absolute atomic E-state index is 0.104. The number of anilines is 1. The largest absolute Gasteiger partial charge is 0.368 e. The van der Waals surface area contributed by atoms with Gasteiger partial charge in [0.25, 0.3) is 5.56 Å². The number of fused-ring (bicyclic) bond motifs is 1. The quantitative estimate of drug-likeness (QED) is 0.565. The topological polar surface area (TPSA) is 71.3 Å². The van der Waals surface area contributed by atoms with Crippen LogP contribution in [0.15, 0.2) is 59.4 Å². The van der Waals surface area contributed by atoms with Crippen LogP contribution in [0.5, 0.6) is 0 Å². The minimum Gasteiger partial charge on any atom is -0.368 e. The highest BCUT2D eigenvalue weighted by Gasteiger charge is 2.20. The van der Waals surface area contributed by atoms with Gasteiger partial charge in [-0.15, -0.1) is 5.10 Å². The highest BCUT2D eigenvalue weighted by molar-refractivity contribution is 5.77. The summed E-state index contributed by atoms with van der Waals surface area (Å²) in [5.74, 6) is 0.227. The zero-order valence-electron chi connectivity index (χ0n) is 17.1. The summed E-state index contributed by atoms with van der Waals surface area (Å²) >= 11 is 0. The predicted octanol–water partition coefficient (Wildman–Crippen LogP) is 2.70. The van der Waals surface area contributed by atoms with Gasteiger partial charge in [-0.1, -0.05) is 42.0 Å². The van der Waals surface area contributed by atoms with E-state index < -0.39 is 0 Å². The normalized spacial score (nSPS) is 14.3. The lowest BCUT2D eigenvalue weighted by Crippen LogP contribution is -2.48. The van der Waals surface area contributed by atoms with Gasteiger partial charge in [0.2, 0.25) is 5.91 Å². The lowest BCUT2D eigenvalue weighted by molar-refractivity contribution is -0.131. The molecule has 0 bridgehead atoms. The standard InChI is InChI=1S/C23H27N5O2/c29-22(27-17-15-26(16-18-27)19-9-3-1-4-10-19)13-5-2-8-14-28-23(30)20-11-6-7-12-21(20)24-25-28/h1,3-4,6-7,9-12H,2,5,8,13-18H2. The first-order valence-corrected chi connectivity index (χ1v) is 10.6. The van der Waals surface area contributed by atoms with E-state index in [2.05, 4.69) is 27.3 Å². The first-order valence-electron chi connectivity index (χ1n) is 10.6. The molecule has 156 valence electrons. The van der Waals surface area contributed by atoms with Crippen molar-refractivity contribution >= 4 is 22.5 Å². The molecule has 0 spiro atoms. The number of piperazine rings is 1. The SMILES string of the molecule is O=C(CCCCCn1nnc2ccccc2c1=O)N1CCN(c2ccccc2)CC1. The van der Waals surface area contributed by atoms with Gasteiger partial charge in [-0.05, 0) is 37.1 Å². The highest BCUT2D eigenvalue weighted by atomic mass is 16.2. The summed E-state index contributed by atoms with van der Waals surface area (Å²) in [5, 5.41) is 8.72. The Morgan fingerprint density at radius 1 is 0.867 bits per heavy atom. The van der Waals surface area contributed by atoms with E-state index in [1.807, 2.05) is 35.2 Å². The average Bonchev–Trinajstić information content (AvgIpc) is 2.81. The van der Waals surface area contributed by atoms with E-state index in [0.29, 0.717) is 23.9 Å². The molecule has 1 amide bonds. The second-order valence-electron chi connectivity index (χ2n) is 7.65. The monoisotopic (exact) mass is 405 g/mol. The van der Waals surface area contributed by atoms with Crippen molar-refractivity contribution in [2.75, 3.05) is 31.1 Å². The van der Waals surface area contributed by atoms with E-state index in [-0.39, 0.29) is 11.5 Å². The fraction of sp³-hybridized carbons (Fsp3) is 0.391. The number of benzene rings is 2. The molecule has 30 heavy (non-hydrogen) atoms. The number of unbranched alkanes of at least 4 members (excludes halogenated alkanes) is 2. The maximum Gasteiger partial charge on any atom is 0.277 e. The van der Waals surface area contributed by atoms with E-state index in [9.17, 15) is 9.59 Å². The van der Waals surface area contributed by atoms with Crippen LogP contribution in [0, 0.1) is 0 Å². The van der Waals surface area contributed by atoms with E-state index in [1.54, 1.807) is 12.1 Å². The molecule has 1 fully saturated rings. The molecule has 0 N–H and O–H groups in total. The second kappa shape index (κ2) is 9.52. The number of rotatable bonds is 7. The molecule has 3 aromatic rings. The number of amides is 1. The van der Waals surface area contributed by atoms with Crippen molar-refractivity contribution in [2.45, 2.75) is 32.2 Å². The van der Waals surface area contributed by atoms with Crippen LogP contribution < -0.4 is 10.5 Å². The van der Waals surface area contributed by atoms with Gasteiger partial charge in [0.1, 0.15) is 5.52 Å². The molecule has 1 aliphatic heterocycles. The summed E-state index contributed by atoms with van der Waals surface area (Å²) in [5.41, 5.74) is 1.74. The first kappa shape index (κ1) is 20.1. The molecule has 7 nitrogen and oxygen atoms in total. The Kier molecular flexibility index (Phi) is 6.37. The van der Waals surface area contributed by atoms with Crippen molar-refractivity contribution < 1.29 is 4.79 Å². The van der Waals surface area contributed by atoms with Gasteiger partial charge in [0.15, 0.2) is 0 Å². The maximum absolute atomic E-state index is 12.5. The smallest absolute Gasteiger partial charge is 0.277 e. The Hall–Kier alpha value is -3.22. The molecule has 0 unspecified atom stereocenters. The first-order chi connectivity index (χ1) is 14.7. The number of hydrogen-bond donors (Lipinski definition) is 0. The van der Waals surface area contributed by atoms with Gasteiger partial charge in [0.05, 0.1) is 5.39 Å². The Morgan fingerprint density at radius 3 is 2.40 bits per heavy atom. The summed E-state index contributed by atoms with van der Waals surface area (Å²) in [6.45, 7) is 3.82. The Balaban J connectivity index is 1.18. The Morgan fingerprint density at radius 2 is 1.60 bits per heavy atom. The lowest BCUT2D eigenvalue weighted by atomic mass is 10.1. The summed E-state index contributed by atoms with van der Waals surface area (Å²) in [7, 11) is 0. The van der Waals surface area contributed by atoms with Crippen LogP contribution >= 0.6 is 0 Å². The number of carbonyl (C=O) groups excluding carboxylic acids is 1. The van der Waals surface area contributed by atoms with Crippen LogP contribution in [0.1, 0.15) is 25.7 Å². The van der Waals surface area contributed by atoms with Crippen molar-refractivity contribution in [3.8, 4) is 0 Å². The fourth-order valence-corrected chi connectivity index (χ4v) is 3.90. The van der Waals surface area contributed by atoms with E-state index >= 15 is 0 Å². The Labute approximate surface area is 175 Å². The summed E-state index contributed by atoms with van der Waals surface area (Å²) < 4.78 is 1.42. The van der Waals surface area contributed by atoms with Crippen LogP contribution in [0.4, 0.5) is 5.69 Å². The van der Waals surface area contributed by atoms with Crippen LogP contribution in [-0.4, -0.2) is 52.0 Å². The number of aryl methyl sites for hydroxylation is 1. The molecule has 4 rings (SSSR count). The van der Waals surface area contributed by atoms with Crippen molar-refractivity contribution in [2.24, 2.45) is 0 Å². The van der Waals surface area contributed by atoms with E-state index in [1.165, 1.54) is 10.4 Å². The van der Waals surface area contributed by atoms with Crippen LogP contribution in [0.2, 0.25) is 0 Å². The summed E-state index contributed by atoms with van der Waals surface area (Å²) in [4.78, 5) is 29.2. The Bertz CT molecular complexity index is 1040. The van der Waals surface area contributed by atoms with Gasteiger partial charge in [0, 0.05) is 44.8 Å². The molecule has 2 aromatic carbocycles. The van der Waals surface area contributed by atoms with Gasteiger partial charge >= 0.3 is 0 Å². The van der Waals surface area contributed by atoms with Crippen molar-refractivity contribution in [3.05, 3.63) is 65.0 Å². The second-order valence-corrected chi connectivity index (χ2v) is 7.65. The van der Waals surface area contributed by atoms with E-state index in [0.717, 1.165) is 45.4 Å². The van der Waals surface area contributed by atoms with Crippen LogP contribution in [0.25, 0.3) is 10.9 Å². The number of hydrogen-bond acceptors (Lipinski definition) is 5. The molecule has 1 aromatic heterocycles. The number of nitrogens with zero attached hydrogens (tertiary/aromatic N) is 5. The van der Waals surface area contributed by atoms with Crippen molar-refractivity contribution in [1.82, 2.24) is 19.9 Å². The average molecular weight is 406 g/mol. The van der Waals surface area contributed by atoms with Gasteiger partial charge in [-0.25, -0.2) is 4.68 Å². The molecule has 0 aliphatic carbocycles. The van der Waals surface area contributed by atoms with Gasteiger partial charge in [-0.2, -0.15) is 0 Å². The van der Waals surface area contributed by atoms with Crippen LogP contribution in [-0.2, 0) is 11.3 Å². The molecule has 0 saturated carbocycles. The summed E-state index contributed by atoms with van der Waals surface area (Å²) in [6.07, 6.45) is 3.08. The van der Waals surface area contributed by atoms with Gasteiger partial charge in [-0.3, -0.25) is 9.59 Å². The third-order valence-electron chi connectivity index (χ3n) is 5.64. The van der Waals surface area contributed by atoms with E-state index in [4.69, 9.17) is 0 Å². The molecule has 2 heterocycles. The van der Waals surface area contributed by atoms with Gasteiger partial charge < -0.3 is 9.80 Å². The molecular weight excluding hydrogens is 378 g/mol. The third-order valence-corrected chi connectivity index (χ3v) is 5.64. The molecule has 0 atom stereocenters. The maximum atomic E-state index is 12.5. The van der Waals surface area contributed by atoms with Crippen molar-refractivity contribution in [3.63, 3.8) is 0 Å². The number of para-hydroxylation sites is 1. The molecular formula is C23H27N5O2.